The SMILES string of the molecule is Nc1ccc(CC(=O)Nc2ccncc2Br)cc1. The van der Waals surface area contributed by atoms with Gasteiger partial charge in [-0.3, -0.25) is 9.78 Å². The number of pyridine rings is 1. The Balaban J connectivity index is 2.01. The van der Waals surface area contributed by atoms with Gasteiger partial charge in [0, 0.05) is 18.1 Å². The Morgan fingerprint density at radius 3 is 2.67 bits per heavy atom. The zero-order valence-corrected chi connectivity index (χ0v) is 11.1. The number of carbonyl (C=O) groups excluding carboxylic acids is 1. The highest BCUT2D eigenvalue weighted by molar-refractivity contribution is 9.10. The molecular weight excluding hydrogens is 294 g/mol. The molecule has 2 aromatic rings. The minimum Gasteiger partial charge on any atom is -0.399 e. The van der Waals surface area contributed by atoms with E-state index in [2.05, 4.69) is 26.2 Å². The summed E-state index contributed by atoms with van der Waals surface area (Å²) in [5, 5.41) is 2.82. The van der Waals surface area contributed by atoms with Gasteiger partial charge in [-0.1, -0.05) is 12.1 Å². The Bertz CT molecular complexity index is 554. The third kappa shape index (κ3) is 3.30. The number of aromatic nitrogens is 1. The lowest BCUT2D eigenvalue weighted by Gasteiger charge is -2.06. The van der Waals surface area contributed by atoms with Crippen LogP contribution < -0.4 is 11.1 Å². The predicted molar refractivity (Wildman–Crippen MR) is 75.1 cm³/mol. The summed E-state index contributed by atoms with van der Waals surface area (Å²) in [6.07, 6.45) is 3.58. The summed E-state index contributed by atoms with van der Waals surface area (Å²) in [6, 6.07) is 8.99. The fraction of sp³-hybridized carbons (Fsp3) is 0.0769. The lowest BCUT2D eigenvalue weighted by Crippen LogP contribution is -2.14. The second kappa shape index (κ2) is 5.64. The van der Waals surface area contributed by atoms with E-state index in [0.717, 1.165) is 10.0 Å². The first-order valence-electron chi connectivity index (χ1n) is 5.39. The zero-order valence-electron chi connectivity index (χ0n) is 9.56. The van der Waals surface area contributed by atoms with Crippen LogP contribution in [0.3, 0.4) is 0 Å². The van der Waals surface area contributed by atoms with Crippen molar-refractivity contribution in [3.63, 3.8) is 0 Å². The van der Waals surface area contributed by atoms with Crippen molar-refractivity contribution in [1.29, 1.82) is 0 Å². The molecule has 0 saturated carbocycles. The number of nitrogens with one attached hydrogen (secondary N) is 1. The molecule has 3 N–H and O–H groups in total. The molecule has 0 unspecified atom stereocenters. The number of anilines is 2. The third-order valence-corrected chi connectivity index (χ3v) is 3.02. The van der Waals surface area contributed by atoms with E-state index < -0.39 is 0 Å². The van der Waals surface area contributed by atoms with Crippen molar-refractivity contribution in [3.8, 4) is 0 Å². The van der Waals surface area contributed by atoms with Gasteiger partial charge in [0.2, 0.25) is 5.91 Å². The van der Waals surface area contributed by atoms with Gasteiger partial charge in [0.15, 0.2) is 0 Å². The summed E-state index contributed by atoms with van der Waals surface area (Å²) >= 11 is 3.33. The summed E-state index contributed by atoms with van der Waals surface area (Å²) in [5.41, 5.74) is 7.91. The number of halogens is 1. The van der Waals surface area contributed by atoms with Crippen molar-refractivity contribution in [2.24, 2.45) is 0 Å². The number of benzene rings is 1. The largest absolute Gasteiger partial charge is 0.399 e. The minimum atomic E-state index is -0.0772. The van der Waals surface area contributed by atoms with Crippen molar-refractivity contribution in [3.05, 3.63) is 52.8 Å². The summed E-state index contributed by atoms with van der Waals surface area (Å²) in [5.74, 6) is -0.0772. The summed E-state index contributed by atoms with van der Waals surface area (Å²) in [4.78, 5) is 15.8. The molecule has 0 atom stereocenters. The standard InChI is InChI=1S/C13H12BrN3O/c14-11-8-16-6-5-12(11)17-13(18)7-9-1-3-10(15)4-2-9/h1-6,8H,7,15H2,(H,16,17,18). The predicted octanol–water partition coefficient (Wildman–Crippen LogP) is 2.61. The maximum absolute atomic E-state index is 11.8. The van der Waals surface area contributed by atoms with Gasteiger partial charge in [0.05, 0.1) is 16.6 Å². The van der Waals surface area contributed by atoms with Gasteiger partial charge in [-0.25, -0.2) is 0 Å². The molecule has 1 aromatic carbocycles. The number of amides is 1. The maximum atomic E-state index is 11.8. The normalized spacial score (nSPS) is 10.1. The molecule has 0 aliphatic rings. The van der Waals surface area contributed by atoms with Crippen LogP contribution in [0.2, 0.25) is 0 Å². The highest BCUT2D eigenvalue weighted by Gasteiger charge is 2.06. The fourth-order valence-corrected chi connectivity index (χ4v) is 1.84. The molecule has 0 aliphatic heterocycles. The van der Waals surface area contributed by atoms with Crippen LogP contribution in [0.4, 0.5) is 11.4 Å². The molecule has 5 heteroatoms. The van der Waals surface area contributed by atoms with Gasteiger partial charge < -0.3 is 11.1 Å². The number of nitrogen functional groups attached to an aromatic ring is 1. The molecule has 0 saturated heterocycles. The number of hydrogen-bond donors (Lipinski definition) is 2. The lowest BCUT2D eigenvalue weighted by atomic mass is 10.1. The Morgan fingerprint density at radius 1 is 1.28 bits per heavy atom. The quantitative estimate of drug-likeness (QED) is 0.857. The topological polar surface area (TPSA) is 68.0 Å². The molecule has 4 nitrogen and oxygen atoms in total. The van der Waals surface area contributed by atoms with Crippen LogP contribution in [0, 0.1) is 0 Å². The molecule has 1 aromatic heterocycles. The van der Waals surface area contributed by atoms with Gasteiger partial charge in [-0.05, 0) is 39.7 Å². The molecule has 0 bridgehead atoms. The Morgan fingerprint density at radius 2 is 2.00 bits per heavy atom. The molecule has 0 radical (unpaired) electrons. The minimum absolute atomic E-state index is 0.0772. The van der Waals surface area contributed by atoms with E-state index in [1.54, 1.807) is 30.6 Å². The highest BCUT2D eigenvalue weighted by Crippen LogP contribution is 2.20. The van der Waals surface area contributed by atoms with Crippen LogP contribution in [0.15, 0.2) is 47.2 Å². The Kier molecular flexibility index (Phi) is 3.94. The monoisotopic (exact) mass is 305 g/mol. The number of hydrogen-bond acceptors (Lipinski definition) is 3. The van der Waals surface area contributed by atoms with Crippen LogP contribution in [0.5, 0.6) is 0 Å². The molecule has 0 spiro atoms. The van der Waals surface area contributed by atoms with Crippen LogP contribution in [0.25, 0.3) is 0 Å². The van der Waals surface area contributed by atoms with Crippen molar-refractivity contribution in [1.82, 2.24) is 4.98 Å². The first kappa shape index (κ1) is 12.6. The molecule has 2 rings (SSSR count). The van der Waals surface area contributed by atoms with Crippen molar-refractivity contribution < 1.29 is 4.79 Å². The van der Waals surface area contributed by atoms with E-state index in [1.165, 1.54) is 0 Å². The molecule has 18 heavy (non-hydrogen) atoms. The lowest BCUT2D eigenvalue weighted by molar-refractivity contribution is -0.115. The summed E-state index contributed by atoms with van der Waals surface area (Å²) < 4.78 is 0.760. The van der Waals surface area contributed by atoms with E-state index in [9.17, 15) is 4.79 Å². The van der Waals surface area contributed by atoms with Gasteiger partial charge in [0.25, 0.3) is 0 Å². The van der Waals surface area contributed by atoms with Crippen LogP contribution in [0.1, 0.15) is 5.56 Å². The van der Waals surface area contributed by atoms with Crippen LogP contribution >= 0.6 is 15.9 Å². The number of carbonyl (C=O) groups is 1. The van der Waals surface area contributed by atoms with Gasteiger partial charge in [-0.2, -0.15) is 0 Å². The molecule has 92 valence electrons. The van der Waals surface area contributed by atoms with E-state index in [0.29, 0.717) is 17.8 Å². The van der Waals surface area contributed by atoms with Crippen LogP contribution in [-0.4, -0.2) is 10.9 Å². The molecule has 0 fully saturated rings. The Labute approximate surface area is 113 Å². The van der Waals surface area contributed by atoms with E-state index in [-0.39, 0.29) is 5.91 Å². The van der Waals surface area contributed by atoms with Crippen LogP contribution in [-0.2, 0) is 11.2 Å². The van der Waals surface area contributed by atoms with Crippen molar-refractivity contribution in [2.45, 2.75) is 6.42 Å². The molecule has 0 aliphatic carbocycles. The summed E-state index contributed by atoms with van der Waals surface area (Å²) in [7, 11) is 0. The van der Waals surface area contributed by atoms with Crippen molar-refractivity contribution in [2.75, 3.05) is 11.1 Å². The maximum Gasteiger partial charge on any atom is 0.228 e. The van der Waals surface area contributed by atoms with E-state index in [1.807, 2.05) is 12.1 Å². The fourth-order valence-electron chi connectivity index (χ4n) is 1.49. The number of nitrogens with zero attached hydrogens (tertiary/aromatic N) is 1. The first-order chi connectivity index (χ1) is 8.65. The van der Waals surface area contributed by atoms with Gasteiger partial charge >= 0.3 is 0 Å². The third-order valence-electron chi connectivity index (χ3n) is 2.39. The average molecular weight is 306 g/mol. The zero-order chi connectivity index (χ0) is 13.0. The average Bonchev–Trinajstić information content (AvgIpc) is 2.35. The van der Waals surface area contributed by atoms with Gasteiger partial charge in [0.1, 0.15) is 0 Å². The second-order valence-corrected chi connectivity index (χ2v) is 4.68. The van der Waals surface area contributed by atoms with E-state index in [4.69, 9.17) is 5.73 Å². The Hall–Kier alpha value is -1.88. The van der Waals surface area contributed by atoms with Gasteiger partial charge in [-0.15, -0.1) is 0 Å². The van der Waals surface area contributed by atoms with Crippen molar-refractivity contribution >= 4 is 33.2 Å². The number of nitrogens with two attached hydrogens (primary N) is 1. The molecular formula is C13H12BrN3O. The first-order valence-corrected chi connectivity index (χ1v) is 6.18. The summed E-state index contributed by atoms with van der Waals surface area (Å²) in [6.45, 7) is 0. The van der Waals surface area contributed by atoms with E-state index >= 15 is 0 Å². The number of rotatable bonds is 3. The highest BCUT2D eigenvalue weighted by atomic mass is 79.9. The smallest absolute Gasteiger partial charge is 0.228 e. The molecule has 1 heterocycles. The second-order valence-electron chi connectivity index (χ2n) is 3.82. The molecule has 1 amide bonds.